The quantitative estimate of drug-likeness (QED) is 0.740. The molecule has 1 saturated heterocycles. The highest BCUT2D eigenvalue weighted by Gasteiger charge is 2.26. The molecule has 1 aliphatic rings. The molecule has 8 nitrogen and oxygen atoms in total. The zero-order chi connectivity index (χ0) is 19.3. The Labute approximate surface area is 153 Å². The second-order valence-electron chi connectivity index (χ2n) is 6.26. The number of nitrogens with zero attached hydrogens (tertiary/aromatic N) is 1. The van der Waals surface area contributed by atoms with Crippen LogP contribution in [0.15, 0.2) is 29.2 Å². The predicted octanol–water partition coefficient (Wildman–Crippen LogP) is 1.23. The lowest BCUT2D eigenvalue weighted by molar-refractivity contribution is -0.156. The Hall–Kier alpha value is -1.97. The molecule has 0 radical (unpaired) electrons. The van der Waals surface area contributed by atoms with Crippen LogP contribution in [0.1, 0.15) is 20.8 Å². The van der Waals surface area contributed by atoms with E-state index >= 15 is 0 Å². The molecule has 1 N–H and O–H groups in total. The van der Waals surface area contributed by atoms with Gasteiger partial charge in [-0.1, -0.05) is 13.8 Å². The number of rotatable bonds is 6. The third-order valence-corrected chi connectivity index (χ3v) is 5.78. The van der Waals surface area contributed by atoms with Crippen LogP contribution in [0.2, 0.25) is 0 Å². The minimum absolute atomic E-state index is 0.150. The number of carbonyl (C=O) groups is 2. The summed E-state index contributed by atoms with van der Waals surface area (Å²) in [5, 5.41) is 2.60. The summed E-state index contributed by atoms with van der Waals surface area (Å²) in [6.45, 7) is 6.23. The fraction of sp³-hybridized carbons (Fsp3) is 0.529. The fourth-order valence-corrected chi connectivity index (χ4v) is 3.66. The van der Waals surface area contributed by atoms with Gasteiger partial charge < -0.3 is 14.8 Å². The van der Waals surface area contributed by atoms with E-state index in [0.717, 1.165) is 0 Å². The summed E-state index contributed by atoms with van der Waals surface area (Å²) in [5.74, 6) is -1.27. The van der Waals surface area contributed by atoms with Crippen molar-refractivity contribution in [2.45, 2.75) is 31.8 Å². The fourth-order valence-electron chi connectivity index (χ4n) is 2.25. The minimum atomic E-state index is -3.58. The third-order valence-electron chi connectivity index (χ3n) is 3.86. The number of morpholine rings is 1. The van der Waals surface area contributed by atoms with E-state index < -0.39 is 28.0 Å². The van der Waals surface area contributed by atoms with Crippen LogP contribution in [0.25, 0.3) is 0 Å². The van der Waals surface area contributed by atoms with Gasteiger partial charge >= 0.3 is 5.97 Å². The first kappa shape index (κ1) is 20.3. The molecule has 0 aromatic heterocycles. The van der Waals surface area contributed by atoms with Crippen molar-refractivity contribution >= 4 is 27.6 Å². The van der Waals surface area contributed by atoms with Gasteiger partial charge in [0, 0.05) is 18.8 Å². The van der Waals surface area contributed by atoms with E-state index in [4.69, 9.17) is 9.47 Å². The van der Waals surface area contributed by atoms with Gasteiger partial charge in [-0.25, -0.2) is 8.42 Å². The van der Waals surface area contributed by atoms with E-state index in [2.05, 4.69) is 5.32 Å². The largest absolute Gasteiger partial charge is 0.452 e. The van der Waals surface area contributed by atoms with Gasteiger partial charge in [-0.3, -0.25) is 9.59 Å². The van der Waals surface area contributed by atoms with Crippen molar-refractivity contribution in [1.29, 1.82) is 0 Å². The van der Waals surface area contributed by atoms with E-state index in [-0.39, 0.29) is 10.8 Å². The van der Waals surface area contributed by atoms with Crippen LogP contribution in [-0.4, -0.2) is 57.0 Å². The molecule has 0 spiro atoms. The highest BCUT2D eigenvalue weighted by molar-refractivity contribution is 7.89. The molecule has 2 rings (SSSR count). The molecule has 9 heteroatoms. The number of esters is 1. The van der Waals surface area contributed by atoms with Gasteiger partial charge in [0.2, 0.25) is 10.0 Å². The summed E-state index contributed by atoms with van der Waals surface area (Å²) in [6, 6.07) is 5.88. The Balaban J connectivity index is 2.00. The molecule has 1 heterocycles. The van der Waals surface area contributed by atoms with E-state index in [1.165, 1.54) is 35.5 Å². The van der Waals surface area contributed by atoms with Crippen molar-refractivity contribution in [3.8, 4) is 0 Å². The van der Waals surface area contributed by atoms with E-state index in [9.17, 15) is 18.0 Å². The van der Waals surface area contributed by atoms with Crippen molar-refractivity contribution in [3.05, 3.63) is 24.3 Å². The number of amides is 1. The molecule has 1 fully saturated rings. The molecule has 1 atom stereocenters. The molecule has 144 valence electrons. The maximum atomic E-state index is 12.5. The van der Waals surface area contributed by atoms with Crippen molar-refractivity contribution < 1.29 is 27.5 Å². The molecule has 0 saturated carbocycles. The minimum Gasteiger partial charge on any atom is -0.452 e. The SMILES string of the molecule is CC(C)C(=O)O[C@H](C)C(=O)Nc1ccc(S(=O)(=O)N2CCOCC2)cc1. The van der Waals surface area contributed by atoms with Gasteiger partial charge in [0.15, 0.2) is 6.10 Å². The van der Waals surface area contributed by atoms with Crippen LogP contribution < -0.4 is 5.32 Å². The standard InChI is InChI=1S/C17H24N2O6S/c1-12(2)17(21)25-13(3)16(20)18-14-4-6-15(7-5-14)26(22,23)19-8-10-24-11-9-19/h4-7,12-13H,8-11H2,1-3H3,(H,18,20)/t13-/m1/s1. The maximum absolute atomic E-state index is 12.5. The Morgan fingerprint density at radius 3 is 2.23 bits per heavy atom. The number of nitrogens with one attached hydrogen (secondary N) is 1. The van der Waals surface area contributed by atoms with Gasteiger partial charge in [0.1, 0.15) is 0 Å². The normalized spacial score (nSPS) is 16.9. The second kappa shape index (κ2) is 8.61. The van der Waals surface area contributed by atoms with Gasteiger partial charge in [0.05, 0.1) is 24.0 Å². The number of ether oxygens (including phenoxy) is 2. The molecule has 0 unspecified atom stereocenters. The Bertz CT molecular complexity index is 739. The smallest absolute Gasteiger partial charge is 0.309 e. The lowest BCUT2D eigenvalue weighted by Gasteiger charge is -2.26. The van der Waals surface area contributed by atoms with Crippen LogP contribution in [0.3, 0.4) is 0 Å². The van der Waals surface area contributed by atoms with Gasteiger partial charge in [-0.2, -0.15) is 4.31 Å². The van der Waals surface area contributed by atoms with Crippen LogP contribution in [0.5, 0.6) is 0 Å². The third kappa shape index (κ3) is 5.03. The topological polar surface area (TPSA) is 102 Å². The van der Waals surface area contributed by atoms with E-state index in [1.54, 1.807) is 13.8 Å². The van der Waals surface area contributed by atoms with E-state index in [0.29, 0.717) is 32.0 Å². The number of sulfonamides is 1. The monoisotopic (exact) mass is 384 g/mol. The highest BCUT2D eigenvalue weighted by Crippen LogP contribution is 2.19. The molecular weight excluding hydrogens is 360 g/mol. The van der Waals surface area contributed by atoms with Crippen molar-refractivity contribution in [2.75, 3.05) is 31.6 Å². The average molecular weight is 384 g/mol. The summed E-state index contributed by atoms with van der Waals surface area (Å²) in [5.41, 5.74) is 0.420. The molecule has 1 aliphatic heterocycles. The lowest BCUT2D eigenvalue weighted by atomic mass is 10.2. The molecule has 1 aromatic rings. The Morgan fingerprint density at radius 2 is 1.69 bits per heavy atom. The average Bonchev–Trinajstić information content (AvgIpc) is 2.62. The first-order valence-electron chi connectivity index (χ1n) is 8.41. The number of hydrogen-bond acceptors (Lipinski definition) is 6. The first-order chi connectivity index (χ1) is 12.2. The zero-order valence-electron chi connectivity index (χ0n) is 15.1. The summed E-state index contributed by atoms with van der Waals surface area (Å²) in [6.07, 6.45) is -0.943. The molecule has 1 amide bonds. The summed E-state index contributed by atoms with van der Waals surface area (Å²) < 4.78 is 36.7. The maximum Gasteiger partial charge on any atom is 0.309 e. The second-order valence-corrected chi connectivity index (χ2v) is 8.20. The molecule has 0 bridgehead atoms. The van der Waals surface area contributed by atoms with Crippen LogP contribution in [0, 0.1) is 5.92 Å². The molecule has 0 aliphatic carbocycles. The molecular formula is C17H24N2O6S. The number of carbonyl (C=O) groups excluding carboxylic acids is 2. The number of hydrogen-bond donors (Lipinski definition) is 1. The number of anilines is 1. The van der Waals surface area contributed by atoms with Crippen LogP contribution in [0.4, 0.5) is 5.69 Å². The Morgan fingerprint density at radius 1 is 1.12 bits per heavy atom. The van der Waals surface area contributed by atoms with Gasteiger partial charge in [-0.15, -0.1) is 0 Å². The first-order valence-corrected chi connectivity index (χ1v) is 9.85. The van der Waals surface area contributed by atoms with Crippen molar-refractivity contribution in [1.82, 2.24) is 4.31 Å². The highest BCUT2D eigenvalue weighted by atomic mass is 32.2. The zero-order valence-corrected chi connectivity index (χ0v) is 15.9. The van der Waals surface area contributed by atoms with Gasteiger partial charge in [0.25, 0.3) is 5.91 Å². The summed E-state index contributed by atoms with van der Waals surface area (Å²) in [7, 11) is -3.58. The lowest BCUT2D eigenvalue weighted by Crippen LogP contribution is -2.40. The molecule has 26 heavy (non-hydrogen) atoms. The summed E-state index contributed by atoms with van der Waals surface area (Å²) >= 11 is 0. The van der Waals surface area contributed by atoms with Crippen molar-refractivity contribution in [2.24, 2.45) is 5.92 Å². The van der Waals surface area contributed by atoms with Crippen LogP contribution in [-0.2, 0) is 29.1 Å². The van der Waals surface area contributed by atoms with Gasteiger partial charge in [-0.05, 0) is 31.2 Å². The molecule has 1 aromatic carbocycles. The Kier molecular flexibility index (Phi) is 6.74. The van der Waals surface area contributed by atoms with Crippen molar-refractivity contribution in [3.63, 3.8) is 0 Å². The van der Waals surface area contributed by atoms with E-state index in [1.807, 2.05) is 0 Å². The predicted molar refractivity (Wildman–Crippen MR) is 95.0 cm³/mol. The number of benzene rings is 1. The summed E-state index contributed by atoms with van der Waals surface area (Å²) in [4.78, 5) is 23.8. The van der Waals surface area contributed by atoms with Crippen LogP contribution >= 0.6 is 0 Å².